The van der Waals surface area contributed by atoms with Crippen LogP contribution in [-0.2, 0) is 15.4 Å². The van der Waals surface area contributed by atoms with Crippen molar-refractivity contribution in [3.63, 3.8) is 0 Å². The molecule has 6 nitrogen and oxygen atoms in total. The van der Waals surface area contributed by atoms with E-state index in [0.717, 1.165) is 18.2 Å². The number of thiol groups is 1. The van der Waals surface area contributed by atoms with Crippen LogP contribution in [-0.4, -0.2) is 42.4 Å². The summed E-state index contributed by atoms with van der Waals surface area (Å²) in [7, 11) is -4.66. The fourth-order valence-electron chi connectivity index (χ4n) is 1.54. The first-order valence-corrected chi connectivity index (χ1v) is 7.25. The second-order valence-electron chi connectivity index (χ2n) is 4.48. The number of phenolic OH excluding ortho intramolecular Hbond substituents is 2. The molecule has 0 aliphatic rings. The molecule has 0 heterocycles. The molecular formula is C12H12F4O6S. The molecule has 0 saturated heterocycles. The van der Waals surface area contributed by atoms with Crippen LogP contribution in [0, 0.1) is 0 Å². The first-order valence-electron chi connectivity index (χ1n) is 6.07. The number of hydrogen-bond acceptors (Lipinski definition) is 6. The zero-order valence-corrected chi connectivity index (χ0v) is 12.2. The van der Waals surface area contributed by atoms with Crippen molar-refractivity contribution < 1.29 is 45.7 Å². The van der Waals surface area contributed by atoms with Crippen LogP contribution in [0.4, 0.5) is 17.6 Å². The molecule has 23 heavy (non-hydrogen) atoms. The number of phenols is 2. The van der Waals surface area contributed by atoms with Crippen molar-refractivity contribution in [3.05, 3.63) is 23.8 Å². The standard InChI is InChI=1S/C12H12F4O6S/c13-11(14,12(15,16)23(20)21)2-1-3-22-10(19)7-4-8(17)6-9(18)5-7/h4-6,17-18,23H,1-3H2. The lowest BCUT2D eigenvalue weighted by atomic mass is 10.2. The second kappa shape index (κ2) is 7.02. The van der Waals surface area contributed by atoms with Gasteiger partial charge in [-0.05, 0) is 18.6 Å². The largest absolute Gasteiger partial charge is 0.508 e. The molecule has 0 aliphatic heterocycles. The van der Waals surface area contributed by atoms with Crippen molar-refractivity contribution in [2.24, 2.45) is 0 Å². The van der Waals surface area contributed by atoms with Crippen molar-refractivity contribution in [2.75, 3.05) is 6.61 Å². The minimum Gasteiger partial charge on any atom is -0.508 e. The fraction of sp³-hybridized carbons (Fsp3) is 0.417. The molecule has 1 aromatic carbocycles. The fourth-order valence-corrected chi connectivity index (χ4v) is 1.92. The Bertz CT molecular complexity index is 631. The van der Waals surface area contributed by atoms with E-state index in [-0.39, 0.29) is 5.56 Å². The number of ether oxygens (including phenoxy) is 1. The molecule has 0 spiro atoms. The minimum atomic E-state index is -5.19. The molecule has 2 N–H and O–H groups in total. The minimum absolute atomic E-state index is 0.276. The van der Waals surface area contributed by atoms with Crippen LogP contribution in [0.1, 0.15) is 23.2 Å². The highest BCUT2D eigenvalue weighted by Crippen LogP contribution is 2.38. The molecule has 130 valence electrons. The van der Waals surface area contributed by atoms with E-state index in [1.54, 1.807) is 0 Å². The van der Waals surface area contributed by atoms with Crippen molar-refractivity contribution >= 4 is 16.7 Å². The maximum Gasteiger partial charge on any atom is 0.404 e. The highest BCUT2D eigenvalue weighted by Gasteiger charge is 2.58. The number of aromatic hydroxyl groups is 2. The smallest absolute Gasteiger partial charge is 0.404 e. The van der Waals surface area contributed by atoms with E-state index in [1.807, 2.05) is 0 Å². The van der Waals surface area contributed by atoms with Crippen molar-refractivity contribution in [3.8, 4) is 11.5 Å². The zero-order valence-electron chi connectivity index (χ0n) is 11.3. The molecule has 0 aromatic heterocycles. The molecule has 0 aliphatic carbocycles. The number of halogens is 4. The third-order valence-corrected chi connectivity index (χ3v) is 3.46. The molecule has 0 amide bonds. The van der Waals surface area contributed by atoms with E-state index in [1.165, 1.54) is 0 Å². The van der Waals surface area contributed by atoms with Gasteiger partial charge in [0.2, 0.25) is 10.7 Å². The predicted molar refractivity (Wildman–Crippen MR) is 69.5 cm³/mol. The summed E-state index contributed by atoms with van der Waals surface area (Å²) in [6.07, 6.45) is -2.23. The lowest BCUT2D eigenvalue weighted by Crippen LogP contribution is -2.41. The molecule has 11 heteroatoms. The Kier molecular flexibility index (Phi) is 5.81. The van der Waals surface area contributed by atoms with Crippen LogP contribution in [0.5, 0.6) is 11.5 Å². The average molecular weight is 360 g/mol. The monoisotopic (exact) mass is 360 g/mol. The van der Waals surface area contributed by atoms with Gasteiger partial charge in [-0.3, -0.25) is 0 Å². The molecule has 1 aromatic rings. The molecule has 0 unspecified atom stereocenters. The summed E-state index contributed by atoms with van der Waals surface area (Å²) in [6, 6.07) is 2.81. The maximum atomic E-state index is 13.1. The van der Waals surface area contributed by atoms with Gasteiger partial charge in [0.25, 0.3) is 0 Å². The van der Waals surface area contributed by atoms with E-state index in [0.29, 0.717) is 0 Å². The first kappa shape index (κ1) is 19.0. The number of benzene rings is 1. The SMILES string of the molecule is O=C(OCCCC(F)(F)C(F)(F)[SH](=O)=O)c1cc(O)cc(O)c1. The summed E-state index contributed by atoms with van der Waals surface area (Å²) in [5.41, 5.74) is -0.276. The predicted octanol–water partition coefficient (Wildman–Crippen LogP) is 1.87. The summed E-state index contributed by atoms with van der Waals surface area (Å²) in [5.74, 6) is -6.76. The van der Waals surface area contributed by atoms with E-state index >= 15 is 0 Å². The van der Waals surface area contributed by atoms with Crippen molar-refractivity contribution in [1.82, 2.24) is 0 Å². The summed E-state index contributed by atoms with van der Waals surface area (Å²) in [5, 5.41) is 13.1. The molecule has 0 saturated carbocycles. The molecule has 1 rings (SSSR count). The van der Waals surface area contributed by atoms with Crippen LogP contribution >= 0.6 is 0 Å². The van der Waals surface area contributed by atoms with Gasteiger partial charge in [0.05, 0.1) is 12.2 Å². The molecule has 0 bridgehead atoms. The first-order chi connectivity index (χ1) is 10.5. The number of carbonyl (C=O) groups is 1. The van der Waals surface area contributed by atoms with Crippen LogP contribution < -0.4 is 0 Å². The Labute approximate surface area is 129 Å². The van der Waals surface area contributed by atoms with Gasteiger partial charge in [-0.25, -0.2) is 13.2 Å². The second-order valence-corrected chi connectivity index (χ2v) is 5.56. The highest BCUT2D eigenvalue weighted by molar-refractivity contribution is 7.73. The van der Waals surface area contributed by atoms with Crippen molar-refractivity contribution in [1.29, 1.82) is 0 Å². The quantitative estimate of drug-likeness (QED) is 0.297. The van der Waals surface area contributed by atoms with E-state index in [2.05, 4.69) is 4.74 Å². The summed E-state index contributed by atoms with van der Waals surface area (Å²) >= 11 is 0. The molecule has 0 radical (unpaired) electrons. The number of esters is 1. The normalized spacial score (nSPS) is 12.4. The van der Waals surface area contributed by atoms with Crippen LogP contribution in [0.3, 0.4) is 0 Å². The Balaban J connectivity index is 2.56. The number of rotatable bonds is 7. The third kappa shape index (κ3) is 4.71. The van der Waals surface area contributed by atoms with E-state index < -0.39 is 58.8 Å². The van der Waals surface area contributed by atoms with Crippen LogP contribution in [0.2, 0.25) is 0 Å². The van der Waals surface area contributed by atoms with Crippen LogP contribution in [0.15, 0.2) is 18.2 Å². The Morgan fingerprint density at radius 3 is 2.09 bits per heavy atom. The van der Waals surface area contributed by atoms with Gasteiger partial charge in [0, 0.05) is 12.5 Å². The average Bonchev–Trinajstić information content (AvgIpc) is 2.41. The van der Waals surface area contributed by atoms with Gasteiger partial charge in [0.1, 0.15) is 11.5 Å². The Hall–Kier alpha value is -2.04. The number of carbonyl (C=O) groups excluding carboxylic acids is 1. The highest BCUT2D eigenvalue weighted by atomic mass is 32.2. The van der Waals surface area contributed by atoms with E-state index in [9.17, 15) is 30.8 Å². The lowest BCUT2D eigenvalue weighted by molar-refractivity contribution is -0.160. The number of hydrogen-bond donors (Lipinski definition) is 3. The molecular weight excluding hydrogens is 348 g/mol. The Morgan fingerprint density at radius 1 is 1.09 bits per heavy atom. The van der Waals surface area contributed by atoms with Gasteiger partial charge in [-0.15, -0.1) is 0 Å². The van der Waals surface area contributed by atoms with Gasteiger partial charge in [0.15, 0.2) is 0 Å². The van der Waals surface area contributed by atoms with Gasteiger partial charge in [-0.2, -0.15) is 17.6 Å². The van der Waals surface area contributed by atoms with Gasteiger partial charge < -0.3 is 14.9 Å². The van der Waals surface area contributed by atoms with Gasteiger partial charge in [-0.1, -0.05) is 0 Å². The zero-order chi connectivity index (χ0) is 17.8. The Morgan fingerprint density at radius 2 is 1.61 bits per heavy atom. The topological polar surface area (TPSA) is 101 Å². The van der Waals surface area contributed by atoms with Gasteiger partial charge >= 0.3 is 17.1 Å². The molecule has 0 atom stereocenters. The third-order valence-electron chi connectivity index (χ3n) is 2.68. The summed E-state index contributed by atoms with van der Waals surface area (Å²) in [4.78, 5) is 11.5. The number of alkyl halides is 4. The van der Waals surface area contributed by atoms with Crippen LogP contribution in [0.25, 0.3) is 0 Å². The molecule has 0 fully saturated rings. The van der Waals surface area contributed by atoms with Crippen molar-refractivity contribution in [2.45, 2.75) is 24.0 Å². The lowest BCUT2D eigenvalue weighted by Gasteiger charge is -2.21. The van der Waals surface area contributed by atoms with E-state index in [4.69, 9.17) is 10.2 Å². The summed E-state index contributed by atoms with van der Waals surface area (Å²) in [6.45, 7) is -0.684. The summed E-state index contributed by atoms with van der Waals surface area (Å²) < 4.78 is 76.4. The maximum absolute atomic E-state index is 13.1.